The number of carbonyl (C=O) groups is 2. The van der Waals surface area contributed by atoms with Crippen molar-refractivity contribution in [3.8, 4) is 0 Å². The molecule has 2 atom stereocenters. The van der Waals surface area contributed by atoms with E-state index in [1.54, 1.807) is 0 Å². The first-order chi connectivity index (χ1) is 6.65. The van der Waals surface area contributed by atoms with Crippen molar-refractivity contribution in [3.05, 3.63) is 0 Å². The van der Waals surface area contributed by atoms with Gasteiger partial charge < -0.3 is 4.90 Å². The molecule has 0 aromatic heterocycles. The highest BCUT2D eigenvalue weighted by molar-refractivity contribution is 5.87. The number of nitrogens with zero attached hydrogens (tertiary/aromatic N) is 2. The summed E-state index contributed by atoms with van der Waals surface area (Å²) in [6.45, 7) is 0.341. The number of fused-ring (bicyclic) bond motifs is 2. The molecule has 2 fully saturated rings. The van der Waals surface area contributed by atoms with Crippen LogP contribution in [-0.2, 0) is 4.79 Å². The van der Waals surface area contributed by atoms with Crippen molar-refractivity contribution < 1.29 is 20.0 Å². The Bertz CT molecular complexity index is 282. The maximum Gasteiger partial charge on any atom is 0.344 e. The molecule has 0 saturated carbocycles. The summed E-state index contributed by atoms with van der Waals surface area (Å²) in [5.74, 6) is -0.605. The predicted molar refractivity (Wildman–Crippen MR) is 42.5 cm³/mol. The number of hydroxylamine groups is 3. The molecule has 2 bridgehead atoms. The topological polar surface area (TPSA) is 93.1 Å². The van der Waals surface area contributed by atoms with E-state index in [2.05, 4.69) is 0 Å². The summed E-state index contributed by atoms with van der Waals surface area (Å²) in [6, 6.07) is -1.45. The number of piperidine rings is 1. The average Bonchev–Trinajstić information content (AvgIpc) is 2.44. The highest BCUT2D eigenvalue weighted by atomic mass is 16.5. The van der Waals surface area contributed by atoms with Crippen molar-refractivity contribution in [1.29, 1.82) is 0 Å². The van der Waals surface area contributed by atoms with Crippen LogP contribution in [0.3, 0.4) is 0 Å². The summed E-state index contributed by atoms with van der Waals surface area (Å²) < 4.78 is 0. The number of urea groups is 1. The highest BCUT2D eigenvalue weighted by Crippen LogP contribution is 2.28. The van der Waals surface area contributed by atoms with E-state index < -0.39 is 18.0 Å². The van der Waals surface area contributed by atoms with E-state index in [0.717, 1.165) is 0 Å². The van der Waals surface area contributed by atoms with Gasteiger partial charge in [0.05, 0.1) is 6.04 Å². The van der Waals surface area contributed by atoms with Gasteiger partial charge in [-0.05, 0) is 12.8 Å². The molecule has 2 aliphatic rings. The van der Waals surface area contributed by atoms with Crippen molar-refractivity contribution in [3.63, 3.8) is 0 Å². The minimum absolute atomic E-state index is 0.217. The first kappa shape index (κ1) is 9.22. The molecule has 7 nitrogen and oxygen atoms in total. The lowest BCUT2D eigenvalue weighted by atomic mass is 10.0. The Morgan fingerprint density at radius 1 is 1.50 bits per heavy atom. The first-order valence-electron chi connectivity index (χ1n) is 4.38. The van der Waals surface area contributed by atoms with Crippen LogP contribution in [0.15, 0.2) is 0 Å². The van der Waals surface area contributed by atoms with Gasteiger partial charge in [0.25, 0.3) is 5.91 Å². The van der Waals surface area contributed by atoms with Crippen molar-refractivity contribution in [2.24, 2.45) is 0 Å². The largest absolute Gasteiger partial charge is 0.344 e. The van der Waals surface area contributed by atoms with E-state index in [9.17, 15) is 14.8 Å². The van der Waals surface area contributed by atoms with Gasteiger partial charge in [-0.2, -0.15) is 0 Å². The Labute approximate surface area is 79.8 Å². The number of hydrogen-bond donors (Lipinski definition) is 3. The zero-order chi connectivity index (χ0) is 10.3. The molecular weight excluding hydrogens is 190 g/mol. The van der Waals surface area contributed by atoms with Crippen molar-refractivity contribution in [2.45, 2.75) is 24.9 Å². The van der Waals surface area contributed by atoms with Crippen LogP contribution in [0.5, 0.6) is 0 Å². The zero-order valence-electron chi connectivity index (χ0n) is 7.38. The molecule has 0 radical (unpaired) electrons. The van der Waals surface area contributed by atoms with Crippen molar-refractivity contribution in [2.75, 3.05) is 6.54 Å². The fourth-order valence-corrected chi connectivity index (χ4v) is 2.00. The molecule has 3 amide bonds. The van der Waals surface area contributed by atoms with Crippen LogP contribution in [0.2, 0.25) is 0 Å². The standard InChI is InChI=1S/C7H11N3O4/c11-6(8-13)5-2-1-4-3-9(5)7(12)10(4)14/h4-5,13-14H,1-3H2,(H,8,11)/t4-,5-/m0/s1. The molecule has 0 spiro atoms. The molecule has 0 aromatic rings. The lowest BCUT2D eigenvalue weighted by Crippen LogP contribution is -2.49. The summed E-state index contributed by atoms with van der Waals surface area (Å²) in [5, 5.41) is 18.4. The summed E-state index contributed by atoms with van der Waals surface area (Å²) >= 11 is 0. The summed E-state index contributed by atoms with van der Waals surface area (Å²) in [5.41, 5.74) is 1.52. The normalized spacial score (nSPS) is 30.9. The van der Waals surface area contributed by atoms with Crippen LogP contribution in [-0.4, -0.2) is 50.9 Å². The predicted octanol–water partition coefficient (Wildman–Crippen LogP) is -0.850. The van der Waals surface area contributed by atoms with E-state index in [4.69, 9.17) is 5.21 Å². The molecule has 0 aromatic carbocycles. The maximum absolute atomic E-state index is 11.4. The molecule has 0 aliphatic carbocycles. The van der Waals surface area contributed by atoms with Crippen molar-refractivity contribution in [1.82, 2.24) is 15.4 Å². The molecule has 2 rings (SSSR count). The molecule has 0 unspecified atom stereocenters. The van der Waals surface area contributed by atoms with Crippen LogP contribution in [0.25, 0.3) is 0 Å². The van der Waals surface area contributed by atoms with Crippen LogP contribution < -0.4 is 5.48 Å². The Kier molecular flexibility index (Phi) is 2.05. The zero-order valence-corrected chi connectivity index (χ0v) is 7.38. The van der Waals surface area contributed by atoms with E-state index in [1.807, 2.05) is 0 Å². The number of hydrogen-bond acceptors (Lipinski definition) is 4. The molecule has 2 heterocycles. The van der Waals surface area contributed by atoms with E-state index in [1.165, 1.54) is 10.4 Å². The van der Waals surface area contributed by atoms with Gasteiger partial charge in [0.1, 0.15) is 6.04 Å². The average molecular weight is 201 g/mol. The summed E-state index contributed by atoms with van der Waals surface area (Å²) in [6.07, 6.45) is 1.02. The van der Waals surface area contributed by atoms with Gasteiger partial charge >= 0.3 is 6.03 Å². The van der Waals surface area contributed by atoms with Gasteiger partial charge in [-0.25, -0.2) is 15.3 Å². The molecular formula is C7H11N3O4. The lowest BCUT2D eigenvalue weighted by Gasteiger charge is -2.28. The van der Waals surface area contributed by atoms with Crippen LogP contribution in [0.4, 0.5) is 4.79 Å². The number of carbonyl (C=O) groups excluding carboxylic acids is 2. The Morgan fingerprint density at radius 2 is 2.21 bits per heavy atom. The number of nitrogens with one attached hydrogen (secondary N) is 1. The number of amides is 3. The second kappa shape index (κ2) is 3.10. The molecule has 14 heavy (non-hydrogen) atoms. The number of rotatable bonds is 1. The fourth-order valence-electron chi connectivity index (χ4n) is 2.00. The third-order valence-corrected chi connectivity index (χ3v) is 2.76. The minimum atomic E-state index is -0.666. The van der Waals surface area contributed by atoms with Crippen LogP contribution >= 0.6 is 0 Å². The Morgan fingerprint density at radius 3 is 2.86 bits per heavy atom. The van der Waals surface area contributed by atoms with Crippen LogP contribution in [0, 0.1) is 0 Å². The summed E-state index contributed by atoms with van der Waals surface area (Å²) in [4.78, 5) is 23.8. The second-order valence-corrected chi connectivity index (χ2v) is 3.50. The van der Waals surface area contributed by atoms with Gasteiger partial charge in [0.15, 0.2) is 0 Å². The maximum atomic E-state index is 11.4. The van der Waals surface area contributed by atoms with E-state index in [-0.39, 0.29) is 6.04 Å². The summed E-state index contributed by atoms with van der Waals surface area (Å²) in [7, 11) is 0. The molecule has 78 valence electrons. The SMILES string of the molecule is O=C(NO)[C@@H]1CC[C@H]2CN1C(=O)N2O. The fraction of sp³-hybridized carbons (Fsp3) is 0.714. The van der Waals surface area contributed by atoms with Gasteiger partial charge in [0.2, 0.25) is 0 Å². The minimum Gasteiger partial charge on any atom is -0.309 e. The quantitative estimate of drug-likeness (QED) is 0.380. The van der Waals surface area contributed by atoms with E-state index >= 15 is 0 Å². The van der Waals surface area contributed by atoms with Crippen LogP contribution in [0.1, 0.15) is 12.8 Å². The first-order valence-corrected chi connectivity index (χ1v) is 4.38. The monoisotopic (exact) mass is 201 g/mol. The van der Waals surface area contributed by atoms with Gasteiger partial charge in [-0.15, -0.1) is 0 Å². The van der Waals surface area contributed by atoms with Crippen molar-refractivity contribution >= 4 is 11.9 Å². The molecule has 2 aliphatic heterocycles. The van der Waals surface area contributed by atoms with E-state index in [0.29, 0.717) is 24.4 Å². The third kappa shape index (κ3) is 1.13. The highest BCUT2D eigenvalue weighted by Gasteiger charge is 2.46. The smallest absolute Gasteiger partial charge is 0.309 e. The second-order valence-electron chi connectivity index (χ2n) is 3.50. The van der Waals surface area contributed by atoms with Gasteiger partial charge in [0, 0.05) is 6.54 Å². The lowest BCUT2D eigenvalue weighted by molar-refractivity contribution is -0.134. The van der Waals surface area contributed by atoms with Gasteiger partial charge in [-0.1, -0.05) is 0 Å². The third-order valence-electron chi connectivity index (χ3n) is 2.76. The Balaban J connectivity index is 2.17. The Hall–Kier alpha value is -1.34. The molecule has 3 N–H and O–H groups in total. The van der Waals surface area contributed by atoms with Gasteiger partial charge in [-0.3, -0.25) is 15.2 Å². The molecule has 7 heteroatoms. The molecule has 2 saturated heterocycles.